The third kappa shape index (κ3) is 5.96. The van der Waals surface area contributed by atoms with Crippen molar-refractivity contribution in [2.75, 3.05) is 13.2 Å². The maximum Gasteiger partial charge on any atom is 0.258 e. The Balaban J connectivity index is 2.51. The van der Waals surface area contributed by atoms with Crippen LogP contribution in [0.25, 0.3) is 0 Å². The number of ether oxygens (including phenoxy) is 1. The average molecular weight is 295 g/mol. The zero-order valence-electron chi connectivity index (χ0n) is 11.7. The summed E-state index contributed by atoms with van der Waals surface area (Å²) in [5.41, 5.74) is 1.06. The lowest BCUT2D eigenvalue weighted by molar-refractivity contribution is -0.122. The molecule has 20 heavy (non-hydrogen) atoms. The van der Waals surface area contributed by atoms with E-state index >= 15 is 0 Å². The molecule has 108 valence electrons. The lowest BCUT2D eigenvalue weighted by Crippen LogP contribution is -2.29. The van der Waals surface area contributed by atoms with Gasteiger partial charge in [-0.05, 0) is 17.7 Å². The molecule has 0 bridgehead atoms. The number of hydrogen-bond donors (Lipinski definition) is 2. The molecule has 0 aliphatic rings. The Kier molecular flexibility index (Phi) is 6.92. The number of benzene rings is 1. The molecule has 2 N–H and O–H groups in total. The minimum atomic E-state index is -0.274. The van der Waals surface area contributed by atoms with E-state index in [-0.39, 0.29) is 19.1 Å². The number of rotatable bonds is 7. The molecule has 0 saturated carbocycles. The Hall–Kier alpha value is -1.70. The zero-order valence-corrected chi connectivity index (χ0v) is 12.5. The highest BCUT2D eigenvalue weighted by Gasteiger charge is 2.06. The molecule has 0 saturated heterocycles. The van der Waals surface area contributed by atoms with Crippen molar-refractivity contribution in [1.82, 2.24) is 10.6 Å². The molecule has 0 aliphatic heterocycles. The monoisotopic (exact) mass is 294 g/mol. The van der Waals surface area contributed by atoms with Gasteiger partial charge < -0.3 is 15.4 Å². The standard InChI is InChI=1S/C15H19ClN2O2/c1-4-7-17-15(19)10-20-14-6-5-12(8-13(14)16)9-18-11(2)3/h1,5-6,8,11,18H,7,9-10H2,2-3H3,(H,17,19). The molecule has 1 rings (SSSR count). The molecule has 1 aromatic rings. The summed E-state index contributed by atoms with van der Waals surface area (Å²) in [7, 11) is 0. The fourth-order valence-corrected chi connectivity index (χ4v) is 1.69. The van der Waals surface area contributed by atoms with Gasteiger partial charge in [-0.25, -0.2) is 0 Å². The Bertz CT molecular complexity index is 495. The number of hydrogen-bond acceptors (Lipinski definition) is 3. The van der Waals surface area contributed by atoms with Crippen molar-refractivity contribution in [3.05, 3.63) is 28.8 Å². The fraction of sp³-hybridized carbons (Fsp3) is 0.400. The highest BCUT2D eigenvalue weighted by Crippen LogP contribution is 2.25. The van der Waals surface area contributed by atoms with Crippen molar-refractivity contribution < 1.29 is 9.53 Å². The first-order valence-corrected chi connectivity index (χ1v) is 6.75. The first-order valence-electron chi connectivity index (χ1n) is 6.37. The molecular weight excluding hydrogens is 276 g/mol. The van der Waals surface area contributed by atoms with Crippen molar-refractivity contribution in [2.24, 2.45) is 0 Å². The van der Waals surface area contributed by atoms with Gasteiger partial charge in [0.05, 0.1) is 11.6 Å². The van der Waals surface area contributed by atoms with Crippen LogP contribution in [0, 0.1) is 12.3 Å². The topological polar surface area (TPSA) is 50.4 Å². The number of carbonyl (C=O) groups excluding carboxylic acids is 1. The second-order valence-corrected chi connectivity index (χ2v) is 4.98. The molecule has 0 unspecified atom stereocenters. The first kappa shape index (κ1) is 16.4. The van der Waals surface area contributed by atoms with Crippen molar-refractivity contribution in [2.45, 2.75) is 26.4 Å². The van der Waals surface area contributed by atoms with Gasteiger partial charge in [0.25, 0.3) is 5.91 Å². The molecule has 0 atom stereocenters. The summed E-state index contributed by atoms with van der Waals surface area (Å²) < 4.78 is 5.34. The second-order valence-electron chi connectivity index (χ2n) is 4.57. The van der Waals surface area contributed by atoms with E-state index in [0.717, 1.165) is 12.1 Å². The van der Waals surface area contributed by atoms with E-state index in [9.17, 15) is 4.79 Å². The van der Waals surface area contributed by atoms with Crippen LogP contribution in [0.5, 0.6) is 5.75 Å². The minimum absolute atomic E-state index is 0.106. The molecule has 0 aliphatic carbocycles. The van der Waals surface area contributed by atoms with Crippen molar-refractivity contribution >= 4 is 17.5 Å². The van der Waals surface area contributed by atoms with Gasteiger partial charge in [0.1, 0.15) is 5.75 Å². The summed E-state index contributed by atoms with van der Waals surface area (Å²) in [5, 5.41) is 6.30. The summed E-state index contributed by atoms with van der Waals surface area (Å²) in [4.78, 5) is 11.3. The summed E-state index contributed by atoms with van der Waals surface area (Å²) >= 11 is 6.12. The van der Waals surface area contributed by atoms with Gasteiger partial charge >= 0.3 is 0 Å². The number of terminal acetylenes is 1. The Labute approximate surface area is 124 Å². The molecule has 0 heterocycles. The summed E-state index contributed by atoms with van der Waals surface area (Å²) in [6, 6.07) is 5.90. The molecule has 0 spiro atoms. The molecule has 0 fully saturated rings. The van der Waals surface area contributed by atoms with Crippen molar-refractivity contribution in [3.63, 3.8) is 0 Å². The van der Waals surface area contributed by atoms with E-state index in [1.807, 2.05) is 12.1 Å². The molecule has 1 amide bonds. The third-order valence-corrected chi connectivity index (χ3v) is 2.75. The first-order chi connectivity index (χ1) is 9.52. The summed E-state index contributed by atoms with van der Waals surface area (Å²) in [6.07, 6.45) is 5.04. The van der Waals surface area contributed by atoms with Gasteiger partial charge in [0.2, 0.25) is 0 Å². The van der Waals surface area contributed by atoms with Crippen LogP contribution in [-0.4, -0.2) is 25.1 Å². The highest BCUT2D eigenvalue weighted by atomic mass is 35.5. The number of halogens is 1. The maximum absolute atomic E-state index is 11.3. The van der Waals surface area contributed by atoms with E-state index in [1.54, 1.807) is 6.07 Å². The Morgan fingerprint density at radius 1 is 1.50 bits per heavy atom. The normalized spacial score (nSPS) is 10.2. The van der Waals surface area contributed by atoms with Gasteiger partial charge in [0, 0.05) is 12.6 Å². The predicted molar refractivity (Wildman–Crippen MR) is 80.8 cm³/mol. The molecule has 0 radical (unpaired) electrons. The van der Waals surface area contributed by atoms with Crippen LogP contribution in [0.2, 0.25) is 5.02 Å². The van der Waals surface area contributed by atoms with E-state index in [1.165, 1.54) is 0 Å². The zero-order chi connectivity index (χ0) is 15.0. The SMILES string of the molecule is C#CCNC(=O)COc1ccc(CNC(C)C)cc1Cl. The maximum atomic E-state index is 11.3. The highest BCUT2D eigenvalue weighted by molar-refractivity contribution is 6.32. The second kappa shape index (κ2) is 8.47. The number of carbonyl (C=O) groups is 1. The number of amides is 1. The lowest BCUT2D eigenvalue weighted by atomic mass is 10.2. The van der Waals surface area contributed by atoms with Crippen LogP contribution in [-0.2, 0) is 11.3 Å². The molecule has 4 nitrogen and oxygen atoms in total. The lowest BCUT2D eigenvalue weighted by Gasteiger charge is -2.11. The molecule has 1 aromatic carbocycles. The minimum Gasteiger partial charge on any atom is -0.482 e. The van der Waals surface area contributed by atoms with Crippen LogP contribution in [0.4, 0.5) is 0 Å². The van der Waals surface area contributed by atoms with Gasteiger partial charge in [-0.15, -0.1) is 6.42 Å². The molecule has 0 aromatic heterocycles. The fourth-order valence-electron chi connectivity index (χ4n) is 1.44. The van der Waals surface area contributed by atoms with E-state index in [2.05, 4.69) is 30.4 Å². The summed E-state index contributed by atoms with van der Waals surface area (Å²) in [5.74, 6) is 2.53. The third-order valence-electron chi connectivity index (χ3n) is 2.46. The van der Waals surface area contributed by atoms with Crippen LogP contribution >= 0.6 is 11.6 Å². The Morgan fingerprint density at radius 3 is 2.85 bits per heavy atom. The average Bonchev–Trinajstić information content (AvgIpc) is 2.41. The molecule has 5 heteroatoms. The predicted octanol–water partition coefficient (Wildman–Crippen LogP) is 1.97. The summed E-state index contributed by atoms with van der Waals surface area (Å²) in [6.45, 7) is 4.98. The quantitative estimate of drug-likeness (QED) is 0.756. The van der Waals surface area contributed by atoms with Crippen molar-refractivity contribution in [1.29, 1.82) is 0 Å². The van der Waals surface area contributed by atoms with E-state index in [4.69, 9.17) is 22.8 Å². The number of nitrogens with one attached hydrogen (secondary N) is 2. The van der Waals surface area contributed by atoms with Gasteiger partial charge in [-0.3, -0.25) is 4.79 Å². The van der Waals surface area contributed by atoms with Crippen LogP contribution < -0.4 is 15.4 Å². The van der Waals surface area contributed by atoms with E-state index in [0.29, 0.717) is 16.8 Å². The van der Waals surface area contributed by atoms with Gasteiger partial charge in [-0.1, -0.05) is 37.4 Å². The van der Waals surface area contributed by atoms with Crippen molar-refractivity contribution in [3.8, 4) is 18.1 Å². The van der Waals surface area contributed by atoms with Crippen LogP contribution in [0.15, 0.2) is 18.2 Å². The van der Waals surface area contributed by atoms with Gasteiger partial charge in [-0.2, -0.15) is 0 Å². The smallest absolute Gasteiger partial charge is 0.258 e. The largest absolute Gasteiger partial charge is 0.482 e. The van der Waals surface area contributed by atoms with Crippen LogP contribution in [0.1, 0.15) is 19.4 Å². The van der Waals surface area contributed by atoms with E-state index < -0.39 is 0 Å². The Morgan fingerprint density at radius 2 is 2.25 bits per heavy atom. The molecular formula is C15H19ClN2O2. The van der Waals surface area contributed by atoms with Gasteiger partial charge in [0.15, 0.2) is 6.61 Å². The van der Waals surface area contributed by atoms with Crippen LogP contribution in [0.3, 0.4) is 0 Å².